The summed E-state index contributed by atoms with van der Waals surface area (Å²) in [6.45, 7) is 3.35. The van der Waals surface area contributed by atoms with Crippen molar-refractivity contribution in [2.24, 2.45) is 5.92 Å². The lowest BCUT2D eigenvalue weighted by atomic mass is 10.1. The topological polar surface area (TPSA) is 87.7 Å². The van der Waals surface area contributed by atoms with Gasteiger partial charge in [-0.3, -0.25) is 0 Å². The smallest absolute Gasteiger partial charge is 0.326 e. The SMILES string of the molecule is COc1ccc(NC(=O)N[C@@H](C(=O)O)C(C)C)cc1F. The van der Waals surface area contributed by atoms with E-state index >= 15 is 0 Å². The van der Waals surface area contributed by atoms with Crippen molar-refractivity contribution in [2.45, 2.75) is 19.9 Å². The predicted octanol–water partition coefficient (Wildman–Crippen LogP) is 2.06. The van der Waals surface area contributed by atoms with Crippen LogP contribution in [-0.4, -0.2) is 30.3 Å². The third-order valence-corrected chi connectivity index (χ3v) is 2.63. The maximum absolute atomic E-state index is 13.4. The molecule has 0 aliphatic heterocycles. The van der Waals surface area contributed by atoms with Gasteiger partial charge in [-0.2, -0.15) is 0 Å². The summed E-state index contributed by atoms with van der Waals surface area (Å²) >= 11 is 0. The molecule has 1 atom stereocenters. The summed E-state index contributed by atoms with van der Waals surface area (Å²) in [5, 5.41) is 13.6. The third-order valence-electron chi connectivity index (χ3n) is 2.63. The molecular formula is C13H17FN2O4. The summed E-state index contributed by atoms with van der Waals surface area (Å²) in [4.78, 5) is 22.6. The van der Waals surface area contributed by atoms with Crippen molar-refractivity contribution in [1.29, 1.82) is 0 Å². The van der Waals surface area contributed by atoms with Crippen LogP contribution in [0.15, 0.2) is 18.2 Å². The van der Waals surface area contributed by atoms with Crippen molar-refractivity contribution in [3.63, 3.8) is 0 Å². The van der Waals surface area contributed by atoms with Crippen LogP contribution in [0.1, 0.15) is 13.8 Å². The number of anilines is 1. The van der Waals surface area contributed by atoms with Gasteiger partial charge in [0.15, 0.2) is 11.6 Å². The van der Waals surface area contributed by atoms with Gasteiger partial charge >= 0.3 is 12.0 Å². The minimum Gasteiger partial charge on any atom is -0.494 e. The molecule has 0 heterocycles. The molecule has 1 aromatic rings. The van der Waals surface area contributed by atoms with Gasteiger partial charge < -0.3 is 20.5 Å². The number of carboxylic acid groups (broad SMARTS) is 1. The summed E-state index contributed by atoms with van der Waals surface area (Å²) in [5.41, 5.74) is 0.202. The van der Waals surface area contributed by atoms with E-state index < -0.39 is 23.9 Å². The van der Waals surface area contributed by atoms with Gasteiger partial charge in [0.25, 0.3) is 0 Å². The van der Waals surface area contributed by atoms with Gasteiger partial charge in [0, 0.05) is 11.8 Å². The molecule has 0 spiro atoms. The molecule has 0 saturated carbocycles. The second kappa shape index (κ2) is 6.74. The molecule has 0 saturated heterocycles. The molecule has 0 bridgehead atoms. The van der Waals surface area contributed by atoms with Crippen LogP contribution in [0.5, 0.6) is 5.75 Å². The zero-order chi connectivity index (χ0) is 15.3. The monoisotopic (exact) mass is 284 g/mol. The summed E-state index contributed by atoms with van der Waals surface area (Å²) in [7, 11) is 1.33. The first-order valence-electron chi connectivity index (χ1n) is 5.99. The van der Waals surface area contributed by atoms with Crippen molar-refractivity contribution in [1.82, 2.24) is 5.32 Å². The summed E-state index contributed by atoms with van der Waals surface area (Å²) in [6.07, 6.45) is 0. The van der Waals surface area contributed by atoms with Gasteiger partial charge in [-0.15, -0.1) is 0 Å². The lowest BCUT2D eigenvalue weighted by Gasteiger charge is -2.18. The lowest BCUT2D eigenvalue weighted by Crippen LogP contribution is -2.46. The van der Waals surface area contributed by atoms with Crippen molar-refractivity contribution in [3.05, 3.63) is 24.0 Å². The molecule has 110 valence electrons. The summed E-state index contributed by atoms with van der Waals surface area (Å²) in [5.74, 6) is -1.97. The molecule has 7 heteroatoms. The molecule has 3 N–H and O–H groups in total. The number of ether oxygens (including phenoxy) is 1. The Hall–Kier alpha value is -2.31. The molecule has 1 aromatic carbocycles. The fraction of sp³-hybridized carbons (Fsp3) is 0.385. The molecule has 0 radical (unpaired) electrons. The fourth-order valence-electron chi connectivity index (χ4n) is 1.57. The van der Waals surface area contributed by atoms with Crippen LogP contribution in [0.4, 0.5) is 14.9 Å². The number of hydrogen-bond donors (Lipinski definition) is 3. The molecule has 2 amide bonds. The third kappa shape index (κ3) is 4.11. The number of carboxylic acids is 1. The molecule has 6 nitrogen and oxygen atoms in total. The summed E-state index contributed by atoms with van der Waals surface area (Å²) < 4.78 is 18.2. The Balaban J connectivity index is 2.71. The minimum absolute atomic E-state index is 0.0570. The number of halogens is 1. The normalized spacial score (nSPS) is 11.8. The first-order valence-corrected chi connectivity index (χ1v) is 5.99. The van der Waals surface area contributed by atoms with E-state index in [2.05, 4.69) is 10.6 Å². The largest absolute Gasteiger partial charge is 0.494 e. The highest BCUT2D eigenvalue weighted by Gasteiger charge is 2.23. The van der Waals surface area contributed by atoms with Crippen LogP contribution >= 0.6 is 0 Å². The molecule has 1 rings (SSSR count). The maximum atomic E-state index is 13.4. The second-order valence-electron chi connectivity index (χ2n) is 4.51. The van der Waals surface area contributed by atoms with E-state index in [9.17, 15) is 14.0 Å². The number of carbonyl (C=O) groups is 2. The Morgan fingerprint density at radius 2 is 2.00 bits per heavy atom. The first kappa shape index (κ1) is 15.7. The van der Waals surface area contributed by atoms with Crippen LogP contribution in [0.2, 0.25) is 0 Å². The predicted molar refractivity (Wildman–Crippen MR) is 71.4 cm³/mol. The average molecular weight is 284 g/mol. The van der Waals surface area contributed by atoms with E-state index in [0.29, 0.717) is 0 Å². The van der Waals surface area contributed by atoms with E-state index in [1.807, 2.05) is 0 Å². The van der Waals surface area contributed by atoms with E-state index in [4.69, 9.17) is 9.84 Å². The minimum atomic E-state index is -1.13. The van der Waals surface area contributed by atoms with Gasteiger partial charge in [-0.1, -0.05) is 13.8 Å². The van der Waals surface area contributed by atoms with Gasteiger partial charge in [0.2, 0.25) is 0 Å². The van der Waals surface area contributed by atoms with Crippen molar-refractivity contribution < 1.29 is 23.8 Å². The molecule has 0 fully saturated rings. The highest BCUT2D eigenvalue weighted by atomic mass is 19.1. The Labute approximate surface area is 115 Å². The molecule has 0 unspecified atom stereocenters. The average Bonchev–Trinajstić information content (AvgIpc) is 2.35. The number of amides is 2. The van der Waals surface area contributed by atoms with Crippen molar-refractivity contribution in [2.75, 3.05) is 12.4 Å². The zero-order valence-electron chi connectivity index (χ0n) is 11.4. The van der Waals surface area contributed by atoms with Crippen LogP contribution in [-0.2, 0) is 4.79 Å². The zero-order valence-corrected chi connectivity index (χ0v) is 11.4. The van der Waals surface area contributed by atoms with Gasteiger partial charge in [-0.05, 0) is 18.1 Å². The molecule has 0 aliphatic rings. The number of urea groups is 1. The van der Waals surface area contributed by atoms with Crippen LogP contribution in [0, 0.1) is 11.7 Å². The number of hydrogen-bond acceptors (Lipinski definition) is 3. The maximum Gasteiger partial charge on any atom is 0.326 e. The number of benzene rings is 1. The van der Waals surface area contributed by atoms with Crippen molar-refractivity contribution in [3.8, 4) is 5.75 Å². The highest BCUT2D eigenvalue weighted by molar-refractivity contribution is 5.92. The van der Waals surface area contributed by atoms with Gasteiger partial charge in [0.05, 0.1) is 7.11 Å². The molecule has 20 heavy (non-hydrogen) atoms. The Morgan fingerprint density at radius 3 is 2.45 bits per heavy atom. The number of aliphatic carboxylic acids is 1. The Kier molecular flexibility index (Phi) is 5.31. The van der Waals surface area contributed by atoms with E-state index in [-0.39, 0.29) is 17.4 Å². The van der Waals surface area contributed by atoms with E-state index in [1.54, 1.807) is 13.8 Å². The quantitative estimate of drug-likeness (QED) is 0.772. The number of methoxy groups -OCH3 is 1. The molecular weight excluding hydrogens is 267 g/mol. The lowest BCUT2D eigenvalue weighted by molar-refractivity contribution is -0.140. The fourth-order valence-corrected chi connectivity index (χ4v) is 1.57. The van der Waals surface area contributed by atoms with Crippen molar-refractivity contribution >= 4 is 17.7 Å². The number of rotatable bonds is 5. The van der Waals surface area contributed by atoms with E-state index in [1.165, 1.54) is 19.2 Å². The standard InChI is InChI=1S/C13H17FN2O4/c1-7(2)11(12(17)18)16-13(19)15-8-4-5-10(20-3)9(14)6-8/h4-7,11H,1-3H3,(H,17,18)(H2,15,16,19)/t11-/m1/s1. The first-order chi connectivity index (χ1) is 9.35. The number of nitrogens with one attached hydrogen (secondary N) is 2. The van der Waals surface area contributed by atoms with Gasteiger partial charge in [0.1, 0.15) is 6.04 Å². The van der Waals surface area contributed by atoms with Crippen LogP contribution < -0.4 is 15.4 Å². The molecule has 0 aliphatic carbocycles. The van der Waals surface area contributed by atoms with Crippen LogP contribution in [0.3, 0.4) is 0 Å². The Morgan fingerprint density at radius 1 is 1.35 bits per heavy atom. The number of carbonyl (C=O) groups excluding carboxylic acids is 1. The summed E-state index contributed by atoms with van der Waals surface area (Å²) in [6, 6.07) is 2.17. The highest BCUT2D eigenvalue weighted by Crippen LogP contribution is 2.20. The Bertz CT molecular complexity index is 505. The van der Waals surface area contributed by atoms with E-state index in [0.717, 1.165) is 6.07 Å². The van der Waals surface area contributed by atoms with Gasteiger partial charge in [-0.25, -0.2) is 14.0 Å². The molecule has 0 aromatic heterocycles. The second-order valence-corrected chi connectivity index (χ2v) is 4.51. The van der Waals surface area contributed by atoms with Crippen LogP contribution in [0.25, 0.3) is 0 Å².